The Labute approximate surface area is 237 Å². The molecule has 2 aromatic carbocycles. The van der Waals surface area contributed by atoms with Crippen LogP contribution in [0.1, 0.15) is 24.0 Å². The predicted octanol–water partition coefficient (Wildman–Crippen LogP) is 5.33. The van der Waals surface area contributed by atoms with Crippen molar-refractivity contribution in [2.75, 3.05) is 49.2 Å². The topological polar surface area (TPSA) is 63.6 Å². The molecule has 0 amide bonds. The first kappa shape index (κ1) is 26.8. The van der Waals surface area contributed by atoms with Gasteiger partial charge in [-0.15, -0.1) is 6.42 Å². The summed E-state index contributed by atoms with van der Waals surface area (Å²) in [6.45, 7) is 2.97. The molecule has 4 aromatic rings. The fourth-order valence-electron chi connectivity index (χ4n) is 6.08. The van der Waals surface area contributed by atoms with Crippen molar-refractivity contribution >= 4 is 33.4 Å². The summed E-state index contributed by atoms with van der Waals surface area (Å²) in [6.07, 6.45) is 4.04. The molecule has 3 saturated heterocycles. The Bertz CT molecular complexity index is 1750. The van der Waals surface area contributed by atoms with E-state index in [1.807, 2.05) is 9.80 Å². The maximum absolute atomic E-state index is 16.6. The zero-order chi connectivity index (χ0) is 29.2. The van der Waals surface area contributed by atoms with Gasteiger partial charge < -0.3 is 19.3 Å². The number of rotatable bonds is 3. The molecule has 3 aliphatic heterocycles. The van der Waals surface area contributed by atoms with Crippen LogP contribution in [0.15, 0.2) is 30.5 Å². The number of alkyl halides is 3. The summed E-state index contributed by atoms with van der Waals surface area (Å²) >= 11 is 0. The number of fused-ring (bicyclic) bond motifs is 4. The van der Waals surface area contributed by atoms with Crippen LogP contribution in [-0.2, 0) is 15.7 Å². The minimum absolute atomic E-state index is 0.0108. The van der Waals surface area contributed by atoms with E-state index in [4.69, 9.17) is 20.9 Å². The lowest BCUT2D eigenvalue weighted by molar-refractivity contribution is -0.137. The molecule has 0 spiro atoms. The van der Waals surface area contributed by atoms with Crippen LogP contribution in [0.25, 0.3) is 32.9 Å². The van der Waals surface area contributed by atoms with Crippen molar-refractivity contribution in [2.45, 2.75) is 31.2 Å². The normalized spacial score (nSPS) is 20.9. The average Bonchev–Trinajstić information content (AvgIpc) is 3.33. The van der Waals surface area contributed by atoms with E-state index in [0.29, 0.717) is 50.6 Å². The van der Waals surface area contributed by atoms with Gasteiger partial charge >= 0.3 is 6.18 Å². The Morgan fingerprint density at radius 3 is 2.40 bits per heavy atom. The molecule has 0 radical (unpaired) electrons. The SMILES string of the molecule is C#Cc1c(F)ccc2cc(C(F)(F)F)cc(-c3ncc4c(N5C[C@H]6CC[C@@H](C5)O6)nc(N5CCOCC5)nc4c3F)c12. The summed E-state index contributed by atoms with van der Waals surface area (Å²) in [5.41, 5.74) is -2.11. The van der Waals surface area contributed by atoms with Crippen molar-refractivity contribution in [3.05, 3.63) is 53.2 Å². The summed E-state index contributed by atoms with van der Waals surface area (Å²) in [4.78, 5) is 17.6. The maximum Gasteiger partial charge on any atom is 0.416 e. The highest BCUT2D eigenvalue weighted by Gasteiger charge is 2.36. The van der Waals surface area contributed by atoms with Crippen molar-refractivity contribution in [3.63, 3.8) is 0 Å². The van der Waals surface area contributed by atoms with Crippen LogP contribution >= 0.6 is 0 Å². The third-order valence-electron chi connectivity index (χ3n) is 8.08. The van der Waals surface area contributed by atoms with E-state index in [1.54, 1.807) is 0 Å². The number of morpholine rings is 2. The van der Waals surface area contributed by atoms with Gasteiger partial charge in [-0.2, -0.15) is 18.2 Å². The summed E-state index contributed by atoms with van der Waals surface area (Å²) < 4.78 is 84.6. The van der Waals surface area contributed by atoms with Gasteiger partial charge in [0.2, 0.25) is 5.95 Å². The first-order valence-electron chi connectivity index (χ1n) is 13.6. The molecule has 7 rings (SSSR count). The number of nitrogens with zero attached hydrogens (tertiary/aromatic N) is 5. The number of hydrogen-bond acceptors (Lipinski definition) is 7. The lowest BCUT2D eigenvalue weighted by Crippen LogP contribution is -2.43. The maximum atomic E-state index is 16.6. The highest BCUT2D eigenvalue weighted by atomic mass is 19.4. The van der Waals surface area contributed by atoms with E-state index in [0.717, 1.165) is 31.0 Å². The van der Waals surface area contributed by atoms with E-state index >= 15 is 4.39 Å². The van der Waals surface area contributed by atoms with Gasteiger partial charge in [0.25, 0.3) is 0 Å². The molecule has 0 saturated carbocycles. The molecule has 0 unspecified atom stereocenters. The van der Waals surface area contributed by atoms with Gasteiger partial charge in [0.15, 0.2) is 5.82 Å². The predicted molar refractivity (Wildman–Crippen MR) is 146 cm³/mol. The molecule has 0 aliphatic carbocycles. The zero-order valence-corrected chi connectivity index (χ0v) is 22.2. The molecular weight excluding hydrogens is 557 g/mol. The van der Waals surface area contributed by atoms with Gasteiger partial charge in [-0.1, -0.05) is 12.0 Å². The highest BCUT2D eigenvalue weighted by molar-refractivity contribution is 6.02. The first-order chi connectivity index (χ1) is 20.2. The number of aromatic nitrogens is 3. The number of halogens is 5. The molecule has 5 heterocycles. The number of pyridine rings is 1. The smallest absolute Gasteiger partial charge is 0.378 e. The summed E-state index contributed by atoms with van der Waals surface area (Å²) in [5, 5.41) is 0.287. The van der Waals surface area contributed by atoms with E-state index in [-0.39, 0.29) is 45.6 Å². The van der Waals surface area contributed by atoms with Crippen molar-refractivity contribution in [2.24, 2.45) is 0 Å². The van der Waals surface area contributed by atoms with Crippen molar-refractivity contribution in [3.8, 4) is 23.6 Å². The Morgan fingerprint density at radius 2 is 1.71 bits per heavy atom. The largest absolute Gasteiger partial charge is 0.416 e. The van der Waals surface area contributed by atoms with Crippen LogP contribution in [0.5, 0.6) is 0 Å². The van der Waals surface area contributed by atoms with Crippen LogP contribution in [0.2, 0.25) is 0 Å². The monoisotopic (exact) mass is 581 g/mol. The lowest BCUT2D eigenvalue weighted by atomic mass is 9.93. The molecule has 2 atom stereocenters. The molecule has 2 aromatic heterocycles. The van der Waals surface area contributed by atoms with Crippen molar-refractivity contribution in [1.82, 2.24) is 15.0 Å². The third kappa shape index (κ3) is 4.48. The van der Waals surface area contributed by atoms with Gasteiger partial charge in [-0.05, 0) is 36.4 Å². The Hall–Kier alpha value is -4.08. The second kappa shape index (κ2) is 10.0. The van der Waals surface area contributed by atoms with Crippen LogP contribution in [0.4, 0.5) is 33.7 Å². The zero-order valence-electron chi connectivity index (χ0n) is 22.2. The van der Waals surface area contributed by atoms with E-state index in [2.05, 4.69) is 15.9 Å². The van der Waals surface area contributed by atoms with Crippen LogP contribution in [0, 0.1) is 24.0 Å². The first-order valence-corrected chi connectivity index (χ1v) is 13.6. The van der Waals surface area contributed by atoms with Gasteiger partial charge in [0.05, 0.1) is 41.9 Å². The fraction of sp³-hybridized carbons (Fsp3) is 0.367. The molecular formula is C30H24F5N5O2. The molecule has 42 heavy (non-hydrogen) atoms. The number of anilines is 2. The highest BCUT2D eigenvalue weighted by Crippen LogP contribution is 2.41. The fourth-order valence-corrected chi connectivity index (χ4v) is 6.08. The van der Waals surface area contributed by atoms with Gasteiger partial charge in [-0.25, -0.2) is 13.8 Å². The Balaban J connectivity index is 1.48. The average molecular weight is 582 g/mol. The van der Waals surface area contributed by atoms with E-state index < -0.39 is 29.1 Å². The summed E-state index contributed by atoms with van der Waals surface area (Å²) in [7, 11) is 0. The Morgan fingerprint density at radius 1 is 0.976 bits per heavy atom. The third-order valence-corrected chi connectivity index (χ3v) is 8.08. The van der Waals surface area contributed by atoms with E-state index in [1.165, 1.54) is 12.3 Å². The summed E-state index contributed by atoms with van der Waals surface area (Å²) in [6, 6.07) is 3.80. The van der Waals surface area contributed by atoms with Crippen molar-refractivity contribution < 1.29 is 31.4 Å². The lowest BCUT2D eigenvalue weighted by Gasteiger charge is -2.34. The molecule has 3 fully saturated rings. The number of hydrogen-bond donors (Lipinski definition) is 0. The van der Waals surface area contributed by atoms with Crippen molar-refractivity contribution in [1.29, 1.82) is 0 Å². The Kier molecular flexibility index (Phi) is 6.40. The van der Waals surface area contributed by atoms with Crippen LogP contribution in [-0.4, -0.2) is 66.6 Å². The minimum atomic E-state index is -4.75. The van der Waals surface area contributed by atoms with Gasteiger partial charge in [-0.3, -0.25) is 4.98 Å². The molecule has 216 valence electrons. The minimum Gasteiger partial charge on any atom is -0.378 e. The molecule has 3 aliphatic rings. The van der Waals surface area contributed by atoms with Crippen LogP contribution in [0.3, 0.4) is 0 Å². The van der Waals surface area contributed by atoms with Gasteiger partial charge in [0, 0.05) is 43.3 Å². The number of terminal acetylenes is 1. The standard InChI is InChI=1S/C30H24F5N5O2/c1-2-20-23(31)6-3-16-11-17(30(33,34)35)12-21(24(16)20)26-25(32)27-22(13-36-26)28(40-14-18-4-5-19(15-40)42-18)38-29(37-27)39-7-9-41-10-8-39/h1,3,6,11-13,18-19H,4-5,7-10,14-15H2/t18-,19+. The summed E-state index contributed by atoms with van der Waals surface area (Å²) in [5.74, 6) is 1.21. The second-order valence-corrected chi connectivity index (χ2v) is 10.7. The number of ether oxygens (including phenoxy) is 2. The molecule has 7 nitrogen and oxygen atoms in total. The quantitative estimate of drug-likeness (QED) is 0.240. The molecule has 0 N–H and O–H groups in total. The number of benzene rings is 2. The molecule has 2 bridgehead atoms. The van der Waals surface area contributed by atoms with Crippen LogP contribution < -0.4 is 9.80 Å². The molecule has 12 heteroatoms. The van der Waals surface area contributed by atoms with E-state index in [9.17, 15) is 17.6 Å². The van der Waals surface area contributed by atoms with Gasteiger partial charge in [0.1, 0.15) is 22.8 Å². The second-order valence-electron chi connectivity index (χ2n) is 10.7.